The van der Waals surface area contributed by atoms with E-state index in [1.165, 1.54) is 11.0 Å². The van der Waals surface area contributed by atoms with Crippen molar-refractivity contribution < 1.29 is 27.9 Å². The fourth-order valence-corrected chi connectivity index (χ4v) is 3.69. The predicted molar refractivity (Wildman–Crippen MR) is 128 cm³/mol. The van der Waals surface area contributed by atoms with Crippen molar-refractivity contribution in [3.05, 3.63) is 70.9 Å². The van der Waals surface area contributed by atoms with Crippen LogP contribution in [0.25, 0.3) is 0 Å². The zero-order chi connectivity index (χ0) is 25.7. The Labute approximate surface area is 202 Å². The van der Waals surface area contributed by atoms with Gasteiger partial charge in [-0.15, -0.1) is 0 Å². The van der Waals surface area contributed by atoms with Crippen molar-refractivity contribution in [3.8, 4) is 0 Å². The fourth-order valence-electron chi connectivity index (χ4n) is 3.69. The van der Waals surface area contributed by atoms with Gasteiger partial charge in [-0.05, 0) is 57.0 Å². The monoisotopic (exact) mass is 486 g/mol. The summed E-state index contributed by atoms with van der Waals surface area (Å²) < 4.78 is 31.8. The molecule has 0 aliphatic carbocycles. The highest BCUT2D eigenvalue weighted by atomic mass is 19.2. The summed E-state index contributed by atoms with van der Waals surface area (Å²) in [5, 5.41) is 7.88. The lowest BCUT2D eigenvalue weighted by Gasteiger charge is -2.35. The summed E-state index contributed by atoms with van der Waals surface area (Å²) in [5.41, 5.74) is 1.99. The smallest absolute Gasteiger partial charge is 0.338 e. The number of allylic oxidation sites excluding steroid dienone is 1. The summed E-state index contributed by atoms with van der Waals surface area (Å²) >= 11 is 0. The van der Waals surface area contributed by atoms with Gasteiger partial charge < -0.3 is 20.7 Å². The van der Waals surface area contributed by atoms with Crippen LogP contribution in [0, 0.1) is 11.6 Å². The number of carbonyl (C=O) groups is 3. The Morgan fingerprint density at radius 2 is 1.69 bits per heavy atom. The molecule has 0 bridgehead atoms. The number of ether oxygens (including phenoxy) is 1. The molecule has 4 amide bonds. The minimum Gasteiger partial charge on any atom is -0.459 e. The van der Waals surface area contributed by atoms with Gasteiger partial charge in [-0.1, -0.05) is 19.1 Å². The maximum absolute atomic E-state index is 13.3. The molecule has 8 nitrogen and oxygen atoms in total. The molecular formula is C25H28F2N4O4. The molecule has 1 aliphatic rings. The van der Waals surface area contributed by atoms with Crippen molar-refractivity contribution >= 4 is 29.4 Å². The van der Waals surface area contributed by atoms with Gasteiger partial charge in [-0.2, -0.15) is 0 Å². The first kappa shape index (κ1) is 25.7. The molecule has 1 aliphatic heterocycles. The lowest BCUT2D eigenvalue weighted by Crippen LogP contribution is -2.48. The lowest BCUT2D eigenvalue weighted by molar-refractivity contribution is -0.143. The average molecular weight is 487 g/mol. The van der Waals surface area contributed by atoms with Crippen LogP contribution < -0.4 is 16.0 Å². The molecule has 1 atom stereocenters. The van der Waals surface area contributed by atoms with Crippen molar-refractivity contribution in [2.24, 2.45) is 0 Å². The quantitative estimate of drug-likeness (QED) is 0.462. The van der Waals surface area contributed by atoms with E-state index in [4.69, 9.17) is 4.74 Å². The molecule has 0 aromatic heterocycles. The Kier molecular flexibility index (Phi) is 8.06. The molecular weight excluding hydrogens is 458 g/mol. The molecule has 0 saturated carbocycles. The van der Waals surface area contributed by atoms with Crippen molar-refractivity contribution in [3.63, 3.8) is 0 Å². The van der Waals surface area contributed by atoms with E-state index in [1.807, 2.05) is 6.92 Å². The Bertz CT molecular complexity index is 1150. The summed E-state index contributed by atoms with van der Waals surface area (Å²) in [6.07, 6.45) is 0.384. The highest BCUT2D eigenvalue weighted by Gasteiger charge is 2.36. The Morgan fingerprint density at radius 3 is 2.29 bits per heavy atom. The third kappa shape index (κ3) is 6.14. The van der Waals surface area contributed by atoms with Gasteiger partial charge in [-0.3, -0.25) is 4.90 Å². The summed E-state index contributed by atoms with van der Waals surface area (Å²) in [7, 11) is 0. The zero-order valence-corrected chi connectivity index (χ0v) is 19.9. The van der Waals surface area contributed by atoms with Gasteiger partial charge in [0, 0.05) is 29.7 Å². The van der Waals surface area contributed by atoms with Crippen LogP contribution >= 0.6 is 0 Å². The van der Waals surface area contributed by atoms with Crippen LogP contribution in [0.3, 0.4) is 0 Å². The second-order valence-electron chi connectivity index (χ2n) is 8.32. The molecule has 2 aromatic rings. The molecule has 0 radical (unpaired) electrons. The van der Waals surface area contributed by atoms with Crippen LogP contribution in [0.15, 0.2) is 53.7 Å². The topological polar surface area (TPSA) is 99.8 Å². The molecule has 3 N–H and O–H groups in total. The van der Waals surface area contributed by atoms with E-state index < -0.39 is 29.7 Å². The van der Waals surface area contributed by atoms with E-state index in [-0.39, 0.29) is 17.8 Å². The fraction of sp³-hybridized carbons (Fsp3) is 0.320. The van der Waals surface area contributed by atoms with Gasteiger partial charge in [0.15, 0.2) is 11.6 Å². The molecule has 1 unspecified atom stereocenters. The molecule has 0 fully saturated rings. The number of esters is 1. The number of anilines is 2. The summed E-state index contributed by atoms with van der Waals surface area (Å²) in [5.74, 6) is -2.61. The van der Waals surface area contributed by atoms with Crippen molar-refractivity contribution in [1.82, 2.24) is 10.2 Å². The Balaban J connectivity index is 1.80. The first-order chi connectivity index (χ1) is 16.6. The van der Waals surface area contributed by atoms with Crippen LogP contribution in [0.2, 0.25) is 0 Å². The second-order valence-corrected chi connectivity index (χ2v) is 8.32. The van der Waals surface area contributed by atoms with E-state index in [9.17, 15) is 23.2 Å². The minimum absolute atomic E-state index is 0.0912. The predicted octanol–water partition coefficient (Wildman–Crippen LogP) is 5.31. The molecule has 10 heteroatoms. The number of hydrogen-bond acceptors (Lipinski definition) is 4. The Morgan fingerprint density at radius 1 is 1.06 bits per heavy atom. The molecule has 0 spiro atoms. The molecule has 0 saturated heterocycles. The second kappa shape index (κ2) is 11.0. The van der Waals surface area contributed by atoms with Crippen LogP contribution in [0.4, 0.5) is 29.7 Å². The largest absolute Gasteiger partial charge is 0.459 e. The molecule has 2 aromatic carbocycles. The number of halogens is 2. The standard InChI is InChI=1S/C25H28F2N4O4/c1-5-12-31-15(4)21(23(32)35-14(2)3)22(30-25(31)34)16-6-8-17(9-7-16)28-24(33)29-18-10-11-19(26)20(27)13-18/h6-11,13-14,22H,5,12H2,1-4H3,(H,30,34)(H2,28,29,33). The number of nitrogens with one attached hydrogen (secondary N) is 3. The maximum Gasteiger partial charge on any atom is 0.338 e. The summed E-state index contributed by atoms with van der Waals surface area (Å²) in [6, 6.07) is 7.87. The number of nitrogens with zero attached hydrogens (tertiary/aromatic N) is 1. The van der Waals surface area contributed by atoms with Gasteiger partial charge >= 0.3 is 18.0 Å². The molecule has 35 heavy (non-hydrogen) atoms. The zero-order valence-electron chi connectivity index (χ0n) is 19.9. The van der Waals surface area contributed by atoms with Crippen LogP contribution in [-0.2, 0) is 9.53 Å². The summed E-state index contributed by atoms with van der Waals surface area (Å²) in [4.78, 5) is 39.4. The third-order valence-electron chi connectivity index (χ3n) is 5.29. The normalized spacial score (nSPS) is 15.7. The summed E-state index contributed by atoms with van der Waals surface area (Å²) in [6.45, 7) is 7.61. The SMILES string of the molecule is CCCN1C(=O)NC(c2ccc(NC(=O)Nc3ccc(F)c(F)c3)cc2)C(C(=O)OC(C)C)=C1C. The van der Waals surface area contributed by atoms with Gasteiger partial charge in [0.1, 0.15) is 0 Å². The number of benzene rings is 2. The third-order valence-corrected chi connectivity index (χ3v) is 5.29. The highest BCUT2D eigenvalue weighted by molar-refractivity contribution is 6.00. The van der Waals surface area contributed by atoms with E-state index in [2.05, 4.69) is 16.0 Å². The first-order valence-electron chi connectivity index (χ1n) is 11.2. The van der Waals surface area contributed by atoms with Gasteiger partial charge in [-0.25, -0.2) is 23.2 Å². The maximum atomic E-state index is 13.3. The van der Waals surface area contributed by atoms with Gasteiger partial charge in [0.25, 0.3) is 0 Å². The van der Waals surface area contributed by atoms with Gasteiger partial charge in [0.2, 0.25) is 0 Å². The van der Waals surface area contributed by atoms with E-state index in [0.29, 0.717) is 29.1 Å². The number of amides is 4. The molecule has 1 heterocycles. The highest BCUT2D eigenvalue weighted by Crippen LogP contribution is 2.32. The van der Waals surface area contributed by atoms with Crippen LogP contribution in [0.1, 0.15) is 45.7 Å². The number of carbonyl (C=O) groups excluding carboxylic acids is 3. The van der Waals surface area contributed by atoms with Crippen LogP contribution in [-0.4, -0.2) is 35.6 Å². The number of urea groups is 2. The first-order valence-corrected chi connectivity index (χ1v) is 11.2. The van der Waals surface area contributed by atoms with Crippen molar-refractivity contribution in [2.45, 2.75) is 46.3 Å². The van der Waals surface area contributed by atoms with Crippen LogP contribution in [0.5, 0.6) is 0 Å². The minimum atomic E-state index is -1.07. The Hall–Kier alpha value is -3.95. The number of hydrogen-bond donors (Lipinski definition) is 3. The van der Waals surface area contributed by atoms with E-state index >= 15 is 0 Å². The van der Waals surface area contributed by atoms with E-state index in [0.717, 1.165) is 18.6 Å². The molecule has 186 valence electrons. The van der Waals surface area contributed by atoms with Crippen molar-refractivity contribution in [2.75, 3.05) is 17.2 Å². The van der Waals surface area contributed by atoms with Gasteiger partial charge in [0.05, 0.1) is 17.7 Å². The average Bonchev–Trinajstić information content (AvgIpc) is 2.78. The molecule has 3 rings (SSSR count). The lowest BCUT2D eigenvalue weighted by atomic mass is 9.94. The van der Waals surface area contributed by atoms with Crippen molar-refractivity contribution in [1.29, 1.82) is 0 Å². The number of rotatable bonds is 7. The van der Waals surface area contributed by atoms with E-state index in [1.54, 1.807) is 45.0 Å².